The Bertz CT molecular complexity index is 440. The third-order valence-electron chi connectivity index (χ3n) is 3.46. The van der Waals surface area contributed by atoms with Gasteiger partial charge in [0.15, 0.2) is 5.96 Å². The molecule has 0 spiro atoms. The van der Waals surface area contributed by atoms with Crippen LogP contribution in [0.4, 0.5) is 0 Å². The highest BCUT2D eigenvalue weighted by Gasteiger charge is 1.98. The average molecular weight is 453 g/mol. The van der Waals surface area contributed by atoms with Crippen molar-refractivity contribution in [2.24, 2.45) is 4.99 Å². The number of ether oxygens (including phenoxy) is 2. The Balaban J connectivity index is 0.00000529. The van der Waals surface area contributed by atoms with E-state index in [1.807, 2.05) is 19.3 Å². The number of aliphatic imine (C=N–C) groups is 1. The molecular weight excluding hydrogens is 421 g/mol. The van der Waals surface area contributed by atoms with Crippen LogP contribution in [0.15, 0.2) is 17.4 Å². The third kappa shape index (κ3) is 10.8. The summed E-state index contributed by atoms with van der Waals surface area (Å²) in [5.74, 6) is 1.92. The SMILES string of the molecule is CN=C(NCCCCn1ccnc1C)NCCCOCCOC.I. The van der Waals surface area contributed by atoms with Crippen molar-refractivity contribution in [3.8, 4) is 0 Å². The first-order valence-electron chi connectivity index (χ1n) is 8.27. The number of aryl methyl sites for hydroxylation is 2. The predicted molar refractivity (Wildman–Crippen MR) is 108 cm³/mol. The van der Waals surface area contributed by atoms with E-state index in [0.717, 1.165) is 57.3 Å². The van der Waals surface area contributed by atoms with Crippen molar-refractivity contribution in [3.63, 3.8) is 0 Å². The molecule has 1 heterocycles. The van der Waals surface area contributed by atoms with E-state index >= 15 is 0 Å². The van der Waals surface area contributed by atoms with Crippen molar-refractivity contribution < 1.29 is 9.47 Å². The number of hydrogen-bond donors (Lipinski definition) is 2. The molecule has 0 saturated heterocycles. The van der Waals surface area contributed by atoms with E-state index in [0.29, 0.717) is 13.2 Å². The summed E-state index contributed by atoms with van der Waals surface area (Å²) >= 11 is 0. The van der Waals surface area contributed by atoms with Gasteiger partial charge in [0.25, 0.3) is 0 Å². The average Bonchev–Trinajstić information content (AvgIpc) is 2.97. The topological polar surface area (TPSA) is 72.7 Å². The number of nitrogens with one attached hydrogen (secondary N) is 2. The summed E-state index contributed by atoms with van der Waals surface area (Å²) in [6, 6.07) is 0. The van der Waals surface area contributed by atoms with Crippen LogP contribution in [0.5, 0.6) is 0 Å². The maximum absolute atomic E-state index is 5.41. The van der Waals surface area contributed by atoms with Crippen LogP contribution in [0, 0.1) is 6.92 Å². The Hall–Kier alpha value is -0.870. The van der Waals surface area contributed by atoms with Crippen LogP contribution in [0.2, 0.25) is 0 Å². The van der Waals surface area contributed by atoms with Crippen LogP contribution >= 0.6 is 24.0 Å². The first kappa shape index (κ1) is 23.1. The van der Waals surface area contributed by atoms with Crippen molar-refractivity contribution in [2.45, 2.75) is 32.7 Å². The van der Waals surface area contributed by atoms with Gasteiger partial charge in [-0.1, -0.05) is 0 Å². The minimum absolute atomic E-state index is 0. The number of guanidine groups is 1. The van der Waals surface area contributed by atoms with E-state index in [1.54, 1.807) is 14.2 Å². The molecule has 1 aromatic heterocycles. The second-order valence-corrected chi connectivity index (χ2v) is 5.26. The summed E-state index contributed by atoms with van der Waals surface area (Å²) in [6.45, 7) is 6.84. The molecule has 0 atom stereocenters. The second-order valence-electron chi connectivity index (χ2n) is 5.26. The molecule has 0 aromatic carbocycles. The maximum Gasteiger partial charge on any atom is 0.190 e. The number of rotatable bonds is 12. The zero-order chi connectivity index (χ0) is 16.8. The Morgan fingerprint density at radius 1 is 1.17 bits per heavy atom. The monoisotopic (exact) mass is 453 g/mol. The summed E-state index contributed by atoms with van der Waals surface area (Å²) in [6.07, 6.45) is 7.04. The normalized spacial score (nSPS) is 11.2. The fraction of sp³-hybridized carbons (Fsp3) is 0.750. The molecule has 1 aromatic rings. The molecule has 0 bridgehead atoms. The molecule has 0 aliphatic heterocycles. The minimum atomic E-state index is 0. The van der Waals surface area contributed by atoms with E-state index in [2.05, 4.69) is 25.2 Å². The Kier molecular flexibility index (Phi) is 15.1. The van der Waals surface area contributed by atoms with Gasteiger partial charge in [-0.25, -0.2) is 4.98 Å². The fourth-order valence-electron chi connectivity index (χ4n) is 2.10. The van der Waals surface area contributed by atoms with Crippen LogP contribution in [-0.2, 0) is 16.0 Å². The van der Waals surface area contributed by atoms with Crippen molar-refractivity contribution in [1.82, 2.24) is 20.2 Å². The first-order valence-corrected chi connectivity index (χ1v) is 8.27. The molecule has 0 amide bonds. The highest BCUT2D eigenvalue weighted by Crippen LogP contribution is 1.99. The van der Waals surface area contributed by atoms with Gasteiger partial charge in [0.2, 0.25) is 0 Å². The largest absolute Gasteiger partial charge is 0.382 e. The third-order valence-corrected chi connectivity index (χ3v) is 3.46. The predicted octanol–water partition coefficient (Wildman–Crippen LogP) is 1.81. The van der Waals surface area contributed by atoms with Crippen molar-refractivity contribution in [2.75, 3.05) is 47.1 Å². The summed E-state index contributed by atoms with van der Waals surface area (Å²) in [7, 11) is 3.47. The number of unbranched alkanes of at least 4 members (excludes halogenated alkanes) is 1. The summed E-state index contributed by atoms with van der Waals surface area (Å²) < 4.78 is 12.5. The molecule has 8 heteroatoms. The van der Waals surface area contributed by atoms with E-state index < -0.39 is 0 Å². The van der Waals surface area contributed by atoms with Crippen LogP contribution in [-0.4, -0.2) is 62.6 Å². The number of aromatic nitrogens is 2. The molecule has 0 saturated carbocycles. The summed E-state index contributed by atoms with van der Waals surface area (Å²) in [4.78, 5) is 8.44. The lowest BCUT2D eigenvalue weighted by Crippen LogP contribution is -2.38. The van der Waals surface area contributed by atoms with Gasteiger partial charge < -0.3 is 24.7 Å². The Morgan fingerprint density at radius 2 is 1.92 bits per heavy atom. The highest BCUT2D eigenvalue weighted by atomic mass is 127. The van der Waals surface area contributed by atoms with Crippen LogP contribution < -0.4 is 10.6 Å². The van der Waals surface area contributed by atoms with Crippen LogP contribution in [0.3, 0.4) is 0 Å². The molecule has 24 heavy (non-hydrogen) atoms. The zero-order valence-electron chi connectivity index (χ0n) is 15.1. The number of halogens is 1. The molecule has 0 aliphatic carbocycles. The minimum Gasteiger partial charge on any atom is -0.382 e. The fourth-order valence-corrected chi connectivity index (χ4v) is 2.10. The van der Waals surface area contributed by atoms with Gasteiger partial charge in [-0.15, -0.1) is 24.0 Å². The summed E-state index contributed by atoms with van der Waals surface area (Å²) in [5.41, 5.74) is 0. The van der Waals surface area contributed by atoms with E-state index in [-0.39, 0.29) is 24.0 Å². The van der Waals surface area contributed by atoms with Gasteiger partial charge >= 0.3 is 0 Å². The van der Waals surface area contributed by atoms with Crippen molar-refractivity contribution in [1.29, 1.82) is 0 Å². The van der Waals surface area contributed by atoms with Gasteiger partial charge in [0.05, 0.1) is 13.2 Å². The molecule has 0 unspecified atom stereocenters. The van der Waals surface area contributed by atoms with Gasteiger partial charge in [-0.3, -0.25) is 4.99 Å². The Labute approximate surface area is 162 Å². The molecule has 0 radical (unpaired) electrons. The summed E-state index contributed by atoms with van der Waals surface area (Å²) in [5, 5.41) is 6.61. The lowest BCUT2D eigenvalue weighted by Gasteiger charge is -2.12. The van der Waals surface area contributed by atoms with E-state index in [4.69, 9.17) is 9.47 Å². The van der Waals surface area contributed by atoms with Crippen LogP contribution in [0.25, 0.3) is 0 Å². The quantitative estimate of drug-likeness (QED) is 0.219. The Morgan fingerprint density at radius 3 is 2.54 bits per heavy atom. The first-order chi connectivity index (χ1) is 11.3. The number of imidazole rings is 1. The smallest absolute Gasteiger partial charge is 0.190 e. The van der Waals surface area contributed by atoms with Crippen molar-refractivity contribution in [3.05, 3.63) is 18.2 Å². The molecule has 7 nitrogen and oxygen atoms in total. The molecular formula is C16H32IN5O2. The number of hydrogen-bond acceptors (Lipinski definition) is 4. The van der Waals surface area contributed by atoms with Crippen LogP contribution in [0.1, 0.15) is 25.1 Å². The molecule has 2 N–H and O–H groups in total. The van der Waals surface area contributed by atoms with E-state index in [9.17, 15) is 0 Å². The number of nitrogens with zero attached hydrogens (tertiary/aromatic N) is 3. The van der Waals surface area contributed by atoms with Gasteiger partial charge in [-0.2, -0.15) is 0 Å². The molecule has 1 rings (SSSR count). The standard InChI is InChI=1S/C16H31N5O2.HI/c1-15-18-9-11-21(15)10-5-4-7-19-16(17-2)20-8-6-12-23-14-13-22-3;/h9,11H,4-8,10,12-14H2,1-3H3,(H2,17,19,20);1H. The van der Waals surface area contributed by atoms with Crippen molar-refractivity contribution >= 4 is 29.9 Å². The van der Waals surface area contributed by atoms with Gasteiger partial charge in [0, 0.05) is 52.8 Å². The lowest BCUT2D eigenvalue weighted by molar-refractivity contribution is 0.0698. The molecule has 140 valence electrons. The molecule has 0 aliphatic rings. The van der Waals surface area contributed by atoms with Gasteiger partial charge in [0.1, 0.15) is 5.82 Å². The zero-order valence-corrected chi connectivity index (χ0v) is 17.4. The number of methoxy groups -OCH3 is 1. The van der Waals surface area contributed by atoms with Gasteiger partial charge in [-0.05, 0) is 26.2 Å². The lowest BCUT2D eigenvalue weighted by atomic mass is 10.3. The van der Waals surface area contributed by atoms with E-state index in [1.165, 1.54) is 0 Å². The molecule has 0 fully saturated rings. The second kappa shape index (κ2) is 15.6. The maximum atomic E-state index is 5.41. The highest BCUT2D eigenvalue weighted by molar-refractivity contribution is 14.0.